The van der Waals surface area contributed by atoms with Gasteiger partial charge >= 0.3 is 0 Å². The normalized spacial score (nSPS) is 16.2. The number of aryl methyl sites for hydroxylation is 2. The van der Waals surface area contributed by atoms with Crippen LogP contribution in [-0.4, -0.2) is 71.9 Å². The van der Waals surface area contributed by atoms with E-state index in [-0.39, 0.29) is 30.0 Å². The molecule has 0 saturated carbocycles. The Hall–Kier alpha value is -1.88. The van der Waals surface area contributed by atoms with Crippen molar-refractivity contribution in [2.45, 2.75) is 38.8 Å². The van der Waals surface area contributed by atoms with Crippen molar-refractivity contribution in [3.05, 3.63) is 41.9 Å². The predicted molar refractivity (Wildman–Crippen MR) is 138 cm³/mol. The lowest BCUT2D eigenvalue weighted by Gasteiger charge is -2.34. The number of nitrogens with one attached hydrogen (secondary N) is 2. The van der Waals surface area contributed by atoms with Crippen LogP contribution in [0.15, 0.2) is 35.6 Å². The van der Waals surface area contributed by atoms with Crippen LogP contribution in [0.2, 0.25) is 0 Å². The van der Waals surface area contributed by atoms with Crippen LogP contribution in [-0.2, 0) is 7.05 Å². The van der Waals surface area contributed by atoms with Gasteiger partial charge in [-0.15, -0.1) is 24.0 Å². The first-order chi connectivity index (χ1) is 14.5. The molecule has 1 unspecified atom stereocenters. The molecule has 1 saturated heterocycles. The van der Waals surface area contributed by atoms with E-state index in [2.05, 4.69) is 69.9 Å². The number of hydrogen-bond acceptors (Lipinski definition) is 5. The van der Waals surface area contributed by atoms with Gasteiger partial charge in [0.1, 0.15) is 5.82 Å². The third-order valence-electron chi connectivity index (χ3n) is 5.53. The number of anilines is 1. The predicted octanol–water partition coefficient (Wildman–Crippen LogP) is 2.57. The van der Waals surface area contributed by atoms with E-state index in [0.717, 1.165) is 49.9 Å². The summed E-state index contributed by atoms with van der Waals surface area (Å²) in [4.78, 5) is 14.1. The molecule has 31 heavy (non-hydrogen) atoms. The summed E-state index contributed by atoms with van der Waals surface area (Å²) in [6.45, 7) is 7.68. The molecule has 0 spiro atoms. The van der Waals surface area contributed by atoms with Crippen molar-refractivity contribution in [2.75, 3.05) is 45.2 Å². The number of hydrogen-bond donors (Lipinski definition) is 2. The molecule has 2 aromatic heterocycles. The second kappa shape index (κ2) is 12.2. The maximum Gasteiger partial charge on any atom is 0.191 e. The average molecular weight is 540 g/mol. The summed E-state index contributed by atoms with van der Waals surface area (Å²) in [7, 11) is 6.12. The highest BCUT2D eigenvalue weighted by Gasteiger charge is 2.21. The zero-order valence-corrected chi connectivity index (χ0v) is 21.7. The maximum absolute atomic E-state index is 4.89. The van der Waals surface area contributed by atoms with Gasteiger partial charge < -0.3 is 20.4 Å². The van der Waals surface area contributed by atoms with Crippen LogP contribution in [0.5, 0.6) is 0 Å². The number of pyridine rings is 1. The first-order valence-electron chi connectivity index (χ1n) is 10.8. The van der Waals surface area contributed by atoms with Crippen LogP contribution in [0.3, 0.4) is 0 Å². The molecule has 0 bridgehead atoms. The molecular weight excluding hydrogens is 503 g/mol. The third kappa shape index (κ3) is 7.34. The van der Waals surface area contributed by atoms with Crippen LogP contribution in [0, 0.1) is 6.92 Å². The highest BCUT2D eigenvalue weighted by molar-refractivity contribution is 14.0. The van der Waals surface area contributed by atoms with Crippen LogP contribution in [0.25, 0.3) is 0 Å². The standard InChI is InChI=1S/C22H36N8.HI/c1-6-23-22(24-15-20(28(3)4)18-14-25-29(5)16-18)27-19-10-12-30(13-11-19)21-9-7-8-17(2)26-21;/h7-9,14,16,19-20H,6,10-13,15H2,1-5H3,(H2,23,24,27);1H. The maximum atomic E-state index is 4.89. The number of piperidine rings is 1. The summed E-state index contributed by atoms with van der Waals surface area (Å²) >= 11 is 0. The number of nitrogens with zero attached hydrogens (tertiary/aromatic N) is 6. The molecule has 0 aliphatic carbocycles. The van der Waals surface area contributed by atoms with Gasteiger partial charge in [0.15, 0.2) is 5.96 Å². The minimum Gasteiger partial charge on any atom is -0.357 e. The van der Waals surface area contributed by atoms with Gasteiger partial charge in [0, 0.05) is 50.2 Å². The van der Waals surface area contributed by atoms with Gasteiger partial charge in [-0.25, -0.2) is 4.98 Å². The van der Waals surface area contributed by atoms with E-state index in [9.17, 15) is 0 Å². The lowest BCUT2D eigenvalue weighted by molar-refractivity contribution is 0.306. The van der Waals surface area contributed by atoms with E-state index in [1.165, 1.54) is 5.56 Å². The lowest BCUT2D eigenvalue weighted by atomic mass is 10.1. The Morgan fingerprint density at radius 1 is 1.29 bits per heavy atom. The molecule has 1 aliphatic rings. The SMILES string of the molecule is CCNC(=NCC(c1cnn(C)c1)N(C)C)NC1CCN(c2cccc(C)n2)CC1.I. The zero-order valence-electron chi connectivity index (χ0n) is 19.4. The van der Waals surface area contributed by atoms with Crippen molar-refractivity contribution >= 4 is 35.8 Å². The van der Waals surface area contributed by atoms with E-state index < -0.39 is 0 Å². The van der Waals surface area contributed by atoms with Crippen LogP contribution >= 0.6 is 24.0 Å². The Bertz CT molecular complexity index is 826. The second-order valence-corrected chi connectivity index (χ2v) is 8.19. The summed E-state index contributed by atoms with van der Waals surface area (Å²) in [5.74, 6) is 1.97. The van der Waals surface area contributed by atoms with Crippen molar-refractivity contribution in [1.29, 1.82) is 0 Å². The van der Waals surface area contributed by atoms with Gasteiger partial charge in [-0.05, 0) is 52.9 Å². The van der Waals surface area contributed by atoms with Crippen LogP contribution < -0.4 is 15.5 Å². The molecule has 1 fully saturated rings. The molecule has 9 heteroatoms. The molecule has 3 rings (SSSR count). The van der Waals surface area contributed by atoms with E-state index >= 15 is 0 Å². The van der Waals surface area contributed by atoms with E-state index in [0.29, 0.717) is 12.6 Å². The number of guanidine groups is 1. The van der Waals surface area contributed by atoms with Crippen molar-refractivity contribution in [1.82, 2.24) is 30.3 Å². The minimum absolute atomic E-state index is 0. The summed E-state index contributed by atoms with van der Waals surface area (Å²) < 4.78 is 1.84. The average Bonchev–Trinajstić information content (AvgIpc) is 3.14. The Morgan fingerprint density at radius 3 is 2.61 bits per heavy atom. The first kappa shape index (κ1) is 25.4. The molecule has 2 N–H and O–H groups in total. The van der Waals surface area contributed by atoms with Gasteiger partial charge in [0.2, 0.25) is 0 Å². The summed E-state index contributed by atoms with van der Waals surface area (Å²) in [6, 6.07) is 6.85. The molecule has 2 aromatic rings. The number of likely N-dealkylation sites (N-methyl/N-ethyl adjacent to an activating group) is 1. The Morgan fingerprint density at radius 2 is 2.03 bits per heavy atom. The van der Waals surface area contributed by atoms with Gasteiger partial charge in [-0.1, -0.05) is 6.07 Å². The monoisotopic (exact) mass is 540 g/mol. The molecule has 0 amide bonds. The summed E-state index contributed by atoms with van der Waals surface area (Å²) in [5.41, 5.74) is 2.25. The smallest absolute Gasteiger partial charge is 0.191 e. The molecule has 172 valence electrons. The van der Waals surface area contributed by atoms with E-state index in [4.69, 9.17) is 4.99 Å². The summed E-state index contributed by atoms with van der Waals surface area (Å²) in [6.07, 6.45) is 6.13. The first-order valence-corrected chi connectivity index (χ1v) is 10.8. The molecular formula is C22H37IN8. The zero-order chi connectivity index (χ0) is 21.5. The minimum atomic E-state index is 0. The number of aliphatic imine (C=N–C) groups is 1. The molecule has 3 heterocycles. The number of aromatic nitrogens is 3. The third-order valence-corrected chi connectivity index (χ3v) is 5.53. The Balaban J connectivity index is 0.00000341. The van der Waals surface area contributed by atoms with Crippen molar-refractivity contribution in [3.63, 3.8) is 0 Å². The van der Waals surface area contributed by atoms with E-state index in [1.54, 1.807) is 0 Å². The van der Waals surface area contributed by atoms with Crippen molar-refractivity contribution < 1.29 is 0 Å². The highest BCUT2D eigenvalue weighted by atomic mass is 127. The van der Waals surface area contributed by atoms with Gasteiger partial charge in [-0.3, -0.25) is 9.67 Å². The molecule has 8 nitrogen and oxygen atoms in total. The quantitative estimate of drug-likeness (QED) is 0.320. The van der Waals surface area contributed by atoms with Crippen LogP contribution in [0.1, 0.15) is 37.1 Å². The fourth-order valence-corrected chi connectivity index (χ4v) is 3.83. The second-order valence-electron chi connectivity index (χ2n) is 8.19. The number of rotatable bonds is 7. The largest absolute Gasteiger partial charge is 0.357 e. The van der Waals surface area contributed by atoms with Crippen molar-refractivity contribution in [3.8, 4) is 0 Å². The van der Waals surface area contributed by atoms with Crippen LogP contribution in [0.4, 0.5) is 5.82 Å². The fourth-order valence-electron chi connectivity index (χ4n) is 3.83. The Kier molecular flexibility index (Phi) is 10.0. The molecule has 0 aromatic carbocycles. The topological polar surface area (TPSA) is 73.6 Å². The number of halogens is 1. The summed E-state index contributed by atoms with van der Waals surface area (Å²) in [5, 5.41) is 11.4. The molecule has 1 atom stereocenters. The van der Waals surface area contributed by atoms with Gasteiger partial charge in [0.05, 0.1) is 18.8 Å². The molecule has 1 aliphatic heterocycles. The lowest BCUT2D eigenvalue weighted by Crippen LogP contribution is -2.49. The van der Waals surface area contributed by atoms with Gasteiger partial charge in [0.25, 0.3) is 0 Å². The molecule has 0 radical (unpaired) electrons. The van der Waals surface area contributed by atoms with E-state index in [1.807, 2.05) is 30.9 Å². The fraction of sp³-hybridized carbons (Fsp3) is 0.591. The Labute approximate surface area is 203 Å². The van der Waals surface area contributed by atoms with Crippen molar-refractivity contribution in [2.24, 2.45) is 12.0 Å². The highest BCUT2D eigenvalue weighted by Crippen LogP contribution is 2.19. The van der Waals surface area contributed by atoms with Gasteiger partial charge in [-0.2, -0.15) is 5.10 Å².